The molecule has 13 heavy (non-hydrogen) atoms. The first-order valence-electron chi connectivity index (χ1n) is 5.08. The summed E-state index contributed by atoms with van der Waals surface area (Å²) in [5.41, 5.74) is 7.64. The van der Waals surface area contributed by atoms with E-state index in [-0.39, 0.29) is 0 Å². The van der Waals surface area contributed by atoms with Crippen LogP contribution < -0.4 is 5.73 Å². The maximum Gasteiger partial charge on any atom is 0.0421 e. The second-order valence-electron chi connectivity index (χ2n) is 4.04. The predicted octanol–water partition coefficient (Wildman–Crippen LogP) is 3.25. The Morgan fingerprint density at radius 3 is 2.69 bits per heavy atom. The van der Waals surface area contributed by atoms with Crippen molar-refractivity contribution in [2.75, 3.05) is 0 Å². The lowest BCUT2D eigenvalue weighted by Crippen LogP contribution is -2.18. The zero-order valence-corrected chi connectivity index (χ0v) is 8.94. The van der Waals surface area contributed by atoms with Crippen molar-refractivity contribution in [1.82, 2.24) is 0 Å². The smallest absolute Gasteiger partial charge is 0.0421 e. The number of nitrogens with two attached hydrogens (primary N) is 1. The Labute approximate surface area is 84.0 Å². The van der Waals surface area contributed by atoms with E-state index < -0.39 is 0 Å². The highest BCUT2D eigenvalue weighted by atomic mass is 32.1. The molecule has 0 bridgehead atoms. The second-order valence-corrected chi connectivity index (χ2v) is 4.99. The summed E-state index contributed by atoms with van der Waals surface area (Å²) in [7, 11) is 0. The van der Waals surface area contributed by atoms with Crippen molar-refractivity contribution in [2.24, 2.45) is 11.7 Å². The van der Waals surface area contributed by atoms with Gasteiger partial charge in [-0.2, -0.15) is 0 Å². The average molecular weight is 195 g/mol. The summed E-state index contributed by atoms with van der Waals surface area (Å²) in [6.07, 6.45) is 5.42. The minimum atomic E-state index is 0.308. The molecule has 0 unspecified atom stereocenters. The fraction of sp³-hybridized carbons (Fsp3) is 0.636. The number of thiophene rings is 1. The lowest BCUT2D eigenvalue weighted by Gasteiger charge is -2.18. The van der Waals surface area contributed by atoms with E-state index in [0.717, 1.165) is 5.92 Å². The third-order valence-corrected chi connectivity index (χ3v) is 4.23. The molecule has 2 heteroatoms. The molecule has 0 aromatic carbocycles. The summed E-state index contributed by atoms with van der Waals surface area (Å²) < 4.78 is 0. The fourth-order valence-electron chi connectivity index (χ4n) is 2.26. The van der Waals surface area contributed by atoms with Gasteiger partial charge in [0.1, 0.15) is 0 Å². The Morgan fingerprint density at radius 1 is 1.46 bits per heavy atom. The van der Waals surface area contributed by atoms with E-state index in [0.29, 0.717) is 6.04 Å². The normalized spacial score (nSPS) is 20.8. The van der Waals surface area contributed by atoms with Crippen LogP contribution in [-0.4, -0.2) is 0 Å². The van der Waals surface area contributed by atoms with Gasteiger partial charge in [-0.3, -0.25) is 0 Å². The molecule has 0 amide bonds. The lowest BCUT2D eigenvalue weighted by molar-refractivity contribution is 0.449. The van der Waals surface area contributed by atoms with Crippen molar-refractivity contribution in [3.05, 3.63) is 21.9 Å². The molecule has 1 saturated carbocycles. The number of hydrogen-bond donors (Lipinski definition) is 1. The predicted molar refractivity (Wildman–Crippen MR) is 57.9 cm³/mol. The molecule has 0 aliphatic heterocycles. The Balaban J connectivity index is 2.12. The van der Waals surface area contributed by atoms with Crippen molar-refractivity contribution in [1.29, 1.82) is 0 Å². The van der Waals surface area contributed by atoms with Crippen molar-refractivity contribution >= 4 is 11.3 Å². The zero-order valence-electron chi connectivity index (χ0n) is 8.12. The van der Waals surface area contributed by atoms with Gasteiger partial charge in [0.25, 0.3) is 0 Å². The SMILES string of the molecule is Cc1ccsc1[C@@H](N)C1CCCC1. The maximum atomic E-state index is 6.26. The van der Waals surface area contributed by atoms with E-state index in [1.54, 1.807) is 0 Å². The highest BCUT2D eigenvalue weighted by Gasteiger charge is 2.24. The molecule has 1 heterocycles. The molecule has 2 rings (SSSR count). The van der Waals surface area contributed by atoms with E-state index in [1.807, 2.05) is 11.3 Å². The number of hydrogen-bond acceptors (Lipinski definition) is 2. The van der Waals surface area contributed by atoms with E-state index in [4.69, 9.17) is 5.73 Å². The summed E-state index contributed by atoms with van der Waals surface area (Å²) in [5.74, 6) is 0.748. The Hall–Kier alpha value is -0.340. The topological polar surface area (TPSA) is 26.0 Å². The first-order chi connectivity index (χ1) is 6.29. The monoisotopic (exact) mass is 195 g/mol. The highest BCUT2D eigenvalue weighted by molar-refractivity contribution is 7.10. The third-order valence-electron chi connectivity index (χ3n) is 3.11. The van der Waals surface area contributed by atoms with Gasteiger partial charge in [0.15, 0.2) is 0 Å². The van der Waals surface area contributed by atoms with Crippen molar-refractivity contribution < 1.29 is 0 Å². The van der Waals surface area contributed by atoms with Gasteiger partial charge in [0.05, 0.1) is 0 Å². The Kier molecular flexibility index (Phi) is 2.70. The lowest BCUT2D eigenvalue weighted by atomic mass is 9.96. The minimum absolute atomic E-state index is 0.308. The molecule has 1 atom stereocenters. The highest BCUT2D eigenvalue weighted by Crippen LogP contribution is 2.36. The maximum absolute atomic E-state index is 6.26. The van der Waals surface area contributed by atoms with Crippen LogP contribution in [0, 0.1) is 12.8 Å². The standard InChI is InChI=1S/C11H17NS/c1-8-6-7-13-11(8)10(12)9-4-2-3-5-9/h6-7,9-10H,2-5,12H2,1H3/t10-/m0/s1. The molecule has 1 aliphatic rings. The molecule has 1 aliphatic carbocycles. The first kappa shape index (κ1) is 9.22. The van der Waals surface area contributed by atoms with Gasteiger partial charge in [-0.25, -0.2) is 0 Å². The Morgan fingerprint density at radius 2 is 2.15 bits per heavy atom. The van der Waals surface area contributed by atoms with Crippen LogP contribution in [0.15, 0.2) is 11.4 Å². The van der Waals surface area contributed by atoms with Gasteiger partial charge in [0.2, 0.25) is 0 Å². The molecule has 1 aromatic heterocycles. The van der Waals surface area contributed by atoms with Crippen molar-refractivity contribution in [2.45, 2.75) is 38.6 Å². The fourth-order valence-corrected chi connectivity index (χ4v) is 3.28. The molecule has 72 valence electrons. The zero-order chi connectivity index (χ0) is 9.26. The van der Waals surface area contributed by atoms with Crippen LogP contribution in [0.3, 0.4) is 0 Å². The summed E-state index contributed by atoms with van der Waals surface area (Å²) in [6.45, 7) is 2.17. The van der Waals surface area contributed by atoms with Crippen LogP contribution in [0.25, 0.3) is 0 Å². The molecule has 1 aromatic rings. The van der Waals surface area contributed by atoms with E-state index >= 15 is 0 Å². The van der Waals surface area contributed by atoms with Crippen LogP contribution in [0.5, 0.6) is 0 Å². The van der Waals surface area contributed by atoms with Gasteiger partial charge in [-0.05, 0) is 42.7 Å². The third kappa shape index (κ3) is 1.79. The summed E-state index contributed by atoms with van der Waals surface area (Å²) >= 11 is 1.82. The van der Waals surface area contributed by atoms with Gasteiger partial charge in [0, 0.05) is 10.9 Å². The quantitative estimate of drug-likeness (QED) is 0.770. The van der Waals surface area contributed by atoms with Crippen molar-refractivity contribution in [3.63, 3.8) is 0 Å². The van der Waals surface area contributed by atoms with Crippen LogP contribution >= 0.6 is 11.3 Å². The van der Waals surface area contributed by atoms with Crippen molar-refractivity contribution in [3.8, 4) is 0 Å². The molecule has 1 fully saturated rings. The molecule has 1 nitrogen and oxygen atoms in total. The number of aryl methyl sites for hydroxylation is 1. The van der Waals surface area contributed by atoms with Gasteiger partial charge in [-0.15, -0.1) is 11.3 Å². The molecular weight excluding hydrogens is 178 g/mol. The number of rotatable bonds is 2. The van der Waals surface area contributed by atoms with Crippen LogP contribution in [0.4, 0.5) is 0 Å². The second kappa shape index (κ2) is 3.81. The largest absolute Gasteiger partial charge is 0.323 e. The first-order valence-corrected chi connectivity index (χ1v) is 5.96. The van der Waals surface area contributed by atoms with Gasteiger partial charge < -0.3 is 5.73 Å². The summed E-state index contributed by atoms with van der Waals surface area (Å²) in [4.78, 5) is 1.41. The van der Waals surface area contributed by atoms with E-state index in [2.05, 4.69) is 18.4 Å². The van der Waals surface area contributed by atoms with Crippen LogP contribution in [0.2, 0.25) is 0 Å². The molecule has 2 N–H and O–H groups in total. The molecule has 0 radical (unpaired) electrons. The van der Waals surface area contributed by atoms with Crippen LogP contribution in [-0.2, 0) is 0 Å². The van der Waals surface area contributed by atoms with Gasteiger partial charge in [-0.1, -0.05) is 12.8 Å². The van der Waals surface area contributed by atoms with Gasteiger partial charge >= 0.3 is 0 Å². The minimum Gasteiger partial charge on any atom is -0.323 e. The molecule has 0 spiro atoms. The average Bonchev–Trinajstić information content (AvgIpc) is 2.72. The van der Waals surface area contributed by atoms with E-state index in [1.165, 1.54) is 36.1 Å². The van der Waals surface area contributed by atoms with Crippen LogP contribution in [0.1, 0.15) is 42.2 Å². The Bertz CT molecular complexity index is 273. The summed E-state index contributed by atoms with van der Waals surface area (Å²) in [6, 6.07) is 2.48. The molecular formula is C11H17NS. The van der Waals surface area contributed by atoms with E-state index in [9.17, 15) is 0 Å². The molecule has 0 saturated heterocycles. The summed E-state index contributed by atoms with van der Waals surface area (Å²) in [5, 5.41) is 2.15.